The van der Waals surface area contributed by atoms with Crippen LogP contribution in [0.4, 0.5) is 4.79 Å². The zero-order valence-electron chi connectivity index (χ0n) is 12.8. The molecule has 0 saturated carbocycles. The van der Waals surface area contributed by atoms with Crippen molar-refractivity contribution in [2.45, 2.75) is 32.9 Å². The third-order valence-corrected chi connectivity index (χ3v) is 2.48. The molecule has 21 heavy (non-hydrogen) atoms. The van der Waals surface area contributed by atoms with Gasteiger partial charge in [-0.15, -0.1) is 0 Å². The second-order valence-corrected chi connectivity index (χ2v) is 5.53. The average molecular weight is 296 g/mol. The van der Waals surface area contributed by atoms with Crippen LogP contribution in [0, 0.1) is 0 Å². The molecule has 116 valence electrons. The third kappa shape index (κ3) is 4.94. The summed E-state index contributed by atoms with van der Waals surface area (Å²) in [7, 11) is 2.99. The number of hydrogen-bond acceptors (Lipinski definition) is 5. The van der Waals surface area contributed by atoms with Crippen LogP contribution in [0.1, 0.15) is 36.7 Å². The average Bonchev–Trinajstić information content (AvgIpc) is 2.36. The highest BCUT2D eigenvalue weighted by atomic mass is 16.6. The normalized spacial score (nSPS) is 10.9. The summed E-state index contributed by atoms with van der Waals surface area (Å²) >= 11 is 0. The topological polar surface area (TPSA) is 89.0 Å². The van der Waals surface area contributed by atoms with Crippen molar-refractivity contribution in [1.82, 2.24) is 9.88 Å². The number of carbonyl (C=O) groups is 2. The first-order chi connectivity index (χ1) is 9.64. The van der Waals surface area contributed by atoms with Gasteiger partial charge in [0.15, 0.2) is 0 Å². The minimum Gasteiger partial charge on any atom is -0.481 e. The predicted molar refractivity (Wildman–Crippen MR) is 75.4 cm³/mol. The lowest BCUT2D eigenvalue weighted by Gasteiger charge is -2.25. The lowest BCUT2D eigenvalue weighted by Crippen LogP contribution is -2.34. The molecule has 0 bridgehead atoms. The molecule has 1 aromatic rings. The Kier molecular flexibility index (Phi) is 5.12. The van der Waals surface area contributed by atoms with Crippen LogP contribution in [-0.4, -0.2) is 46.8 Å². The lowest BCUT2D eigenvalue weighted by atomic mass is 10.2. The maximum Gasteiger partial charge on any atom is 0.410 e. The van der Waals surface area contributed by atoms with Crippen molar-refractivity contribution >= 4 is 12.1 Å². The predicted octanol–water partition coefficient (Wildman–Crippen LogP) is 2.16. The summed E-state index contributed by atoms with van der Waals surface area (Å²) in [6.45, 7) is 5.44. The number of aromatic nitrogens is 1. The molecule has 1 heterocycles. The van der Waals surface area contributed by atoms with Gasteiger partial charge in [-0.1, -0.05) is 0 Å². The minimum atomic E-state index is -1.09. The number of hydrogen-bond donors (Lipinski definition) is 1. The quantitative estimate of drug-likeness (QED) is 0.915. The van der Waals surface area contributed by atoms with E-state index < -0.39 is 17.7 Å². The molecular formula is C14H20N2O5. The number of amides is 1. The van der Waals surface area contributed by atoms with Crippen molar-refractivity contribution in [2.24, 2.45) is 0 Å². The molecule has 0 aliphatic carbocycles. The zero-order valence-corrected chi connectivity index (χ0v) is 12.8. The van der Waals surface area contributed by atoms with Crippen molar-refractivity contribution in [3.63, 3.8) is 0 Å². The van der Waals surface area contributed by atoms with Crippen LogP contribution in [0.15, 0.2) is 12.3 Å². The molecular weight excluding hydrogens is 276 g/mol. The molecule has 7 nitrogen and oxygen atoms in total. The molecule has 1 rings (SSSR count). The Labute approximate surface area is 123 Å². The molecule has 0 saturated heterocycles. The van der Waals surface area contributed by atoms with Gasteiger partial charge < -0.3 is 19.5 Å². The first kappa shape index (κ1) is 16.7. The van der Waals surface area contributed by atoms with Crippen molar-refractivity contribution in [1.29, 1.82) is 0 Å². The van der Waals surface area contributed by atoms with Crippen LogP contribution in [-0.2, 0) is 11.3 Å². The molecule has 0 atom stereocenters. The van der Waals surface area contributed by atoms with Crippen molar-refractivity contribution in [3.05, 3.63) is 23.4 Å². The van der Waals surface area contributed by atoms with Gasteiger partial charge in [0.05, 0.1) is 19.2 Å². The van der Waals surface area contributed by atoms with Crippen molar-refractivity contribution < 1.29 is 24.2 Å². The first-order valence-electron chi connectivity index (χ1n) is 6.34. The summed E-state index contributed by atoms with van der Waals surface area (Å²) in [4.78, 5) is 28.1. The van der Waals surface area contributed by atoms with Gasteiger partial charge in [-0.25, -0.2) is 14.6 Å². The molecule has 0 fully saturated rings. The fourth-order valence-electron chi connectivity index (χ4n) is 1.57. The molecule has 0 aliphatic heterocycles. The molecule has 0 aromatic carbocycles. The molecule has 1 aromatic heterocycles. The Morgan fingerprint density at radius 2 is 2.00 bits per heavy atom. The van der Waals surface area contributed by atoms with E-state index in [0.29, 0.717) is 5.56 Å². The fourth-order valence-corrected chi connectivity index (χ4v) is 1.57. The maximum absolute atomic E-state index is 11.9. The summed E-state index contributed by atoms with van der Waals surface area (Å²) in [5, 5.41) is 8.98. The monoisotopic (exact) mass is 296 g/mol. The van der Waals surface area contributed by atoms with Gasteiger partial charge in [0, 0.05) is 18.8 Å². The smallest absolute Gasteiger partial charge is 0.410 e. The van der Waals surface area contributed by atoms with Gasteiger partial charge in [-0.2, -0.15) is 0 Å². The minimum absolute atomic E-state index is 0.0309. The summed E-state index contributed by atoms with van der Waals surface area (Å²) in [6.07, 6.45) is 0.697. The van der Waals surface area contributed by atoms with E-state index in [4.69, 9.17) is 14.6 Å². The van der Waals surface area contributed by atoms with E-state index in [1.165, 1.54) is 24.3 Å². The number of rotatable bonds is 4. The Balaban J connectivity index is 2.92. The largest absolute Gasteiger partial charge is 0.481 e. The maximum atomic E-state index is 11.9. The molecule has 1 N–H and O–H groups in total. The van der Waals surface area contributed by atoms with Crippen LogP contribution in [0.5, 0.6) is 5.88 Å². The van der Waals surface area contributed by atoms with Crippen LogP contribution in [0.25, 0.3) is 0 Å². The number of nitrogens with zero attached hydrogens (tertiary/aromatic N) is 2. The van der Waals surface area contributed by atoms with Gasteiger partial charge in [0.25, 0.3) is 0 Å². The second kappa shape index (κ2) is 6.43. The number of carboxylic acid groups (broad SMARTS) is 1. The molecule has 7 heteroatoms. The summed E-state index contributed by atoms with van der Waals surface area (Å²) < 4.78 is 10.3. The first-order valence-corrected chi connectivity index (χ1v) is 6.34. The molecule has 1 amide bonds. The number of pyridine rings is 1. The molecule has 0 unspecified atom stereocenters. The Morgan fingerprint density at radius 1 is 1.38 bits per heavy atom. The van der Waals surface area contributed by atoms with E-state index in [-0.39, 0.29) is 18.0 Å². The highest BCUT2D eigenvalue weighted by molar-refractivity contribution is 5.87. The van der Waals surface area contributed by atoms with E-state index in [9.17, 15) is 9.59 Å². The fraction of sp³-hybridized carbons (Fsp3) is 0.500. The van der Waals surface area contributed by atoms with Crippen LogP contribution in [0.3, 0.4) is 0 Å². The van der Waals surface area contributed by atoms with E-state index in [0.717, 1.165) is 0 Å². The van der Waals surface area contributed by atoms with Crippen LogP contribution in [0.2, 0.25) is 0 Å². The molecule has 0 aliphatic rings. The Hall–Kier alpha value is -2.31. The summed E-state index contributed by atoms with van der Waals surface area (Å²) in [5.41, 5.74) is -0.0782. The molecule has 0 spiro atoms. The van der Waals surface area contributed by atoms with E-state index in [1.807, 2.05) is 0 Å². The van der Waals surface area contributed by atoms with Gasteiger partial charge in [-0.05, 0) is 26.8 Å². The number of ether oxygens (including phenoxy) is 2. The van der Waals surface area contributed by atoms with Gasteiger partial charge in [0.2, 0.25) is 5.88 Å². The Bertz CT molecular complexity index is 537. The summed E-state index contributed by atoms with van der Waals surface area (Å²) in [5.74, 6) is -0.818. The van der Waals surface area contributed by atoms with E-state index >= 15 is 0 Å². The van der Waals surface area contributed by atoms with E-state index in [2.05, 4.69) is 4.98 Å². The molecule has 0 radical (unpaired) electrons. The zero-order chi connectivity index (χ0) is 16.2. The van der Waals surface area contributed by atoms with Gasteiger partial charge >= 0.3 is 12.1 Å². The SMILES string of the molecule is COc1ncc(C(=O)O)cc1CN(C)C(=O)OC(C)(C)C. The number of carboxylic acids is 1. The van der Waals surface area contributed by atoms with Crippen LogP contribution < -0.4 is 4.74 Å². The highest BCUT2D eigenvalue weighted by Gasteiger charge is 2.21. The standard InChI is InChI=1S/C14H20N2O5/c1-14(2,3)21-13(19)16(4)8-10-6-9(12(17)18)7-15-11(10)20-5/h6-7H,8H2,1-5H3,(H,17,18). The van der Waals surface area contributed by atoms with Crippen molar-refractivity contribution in [3.8, 4) is 5.88 Å². The number of methoxy groups -OCH3 is 1. The van der Waals surface area contributed by atoms with E-state index in [1.54, 1.807) is 27.8 Å². The van der Waals surface area contributed by atoms with Gasteiger partial charge in [0.1, 0.15) is 5.60 Å². The van der Waals surface area contributed by atoms with Gasteiger partial charge in [-0.3, -0.25) is 0 Å². The summed E-state index contributed by atoms with van der Waals surface area (Å²) in [6, 6.07) is 1.43. The second-order valence-electron chi connectivity index (χ2n) is 5.53. The third-order valence-electron chi connectivity index (χ3n) is 2.48. The number of aromatic carboxylic acids is 1. The lowest BCUT2D eigenvalue weighted by molar-refractivity contribution is 0.0284. The highest BCUT2D eigenvalue weighted by Crippen LogP contribution is 2.19. The number of carbonyl (C=O) groups excluding carboxylic acids is 1. The van der Waals surface area contributed by atoms with Crippen LogP contribution >= 0.6 is 0 Å². The van der Waals surface area contributed by atoms with Crippen molar-refractivity contribution in [2.75, 3.05) is 14.2 Å². The Morgan fingerprint density at radius 3 is 2.48 bits per heavy atom.